The minimum absolute atomic E-state index is 0.149. The van der Waals surface area contributed by atoms with E-state index in [1.807, 2.05) is 19.9 Å². The van der Waals surface area contributed by atoms with Crippen LogP contribution in [0.15, 0.2) is 53.7 Å². The van der Waals surface area contributed by atoms with E-state index in [4.69, 9.17) is 4.74 Å². The Kier molecular flexibility index (Phi) is 5.99. The molecule has 33 heavy (non-hydrogen) atoms. The van der Waals surface area contributed by atoms with Gasteiger partial charge in [0.05, 0.1) is 17.5 Å². The second-order valence-electron chi connectivity index (χ2n) is 7.63. The molecule has 0 bridgehead atoms. The van der Waals surface area contributed by atoms with Gasteiger partial charge in [0.25, 0.3) is 11.5 Å². The molecule has 0 saturated carbocycles. The Labute approximate surface area is 189 Å². The van der Waals surface area contributed by atoms with Crippen LogP contribution in [0.2, 0.25) is 0 Å². The van der Waals surface area contributed by atoms with Gasteiger partial charge in [-0.25, -0.2) is 15.0 Å². The topological polar surface area (TPSA) is 124 Å². The van der Waals surface area contributed by atoms with Gasteiger partial charge in [-0.2, -0.15) is 0 Å². The van der Waals surface area contributed by atoms with Crippen molar-refractivity contribution in [2.45, 2.75) is 19.9 Å². The molecule has 168 valence electrons. The summed E-state index contributed by atoms with van der Waals surface area (Å²) < 4.78 is 7.30. The Balaban J connectivity index is 1.62. The second-order valence-corrected chi connectivity index (χ2v) is 7.63. The molecular weight excluding hydrogens is 422 g/mol. The van der Waals surface area contributed by atoms with Crippen molar-refractivity contribution in [2.75, 3.05) is 12.4 Å². The molecule has 0 aromatic carbocycles. The highest BCUT2D eigenvalue weighted by Gasteiger charge is 2.13. The van der Waals surface area contributed by atoms with Crippen LogP contribution in [-0.2, 0) is 7.05 Å². The van der Waals surface area contributed by atoms with Crippen molar-refractivity contribution in [1.29, 1.82) is 0 Å². The number of hydrogen-bond acceptors (Lipinski definition) is 8. The SMILES string of the molecule is CNC(=O)c1cc(Oc2cnc3nc(-c4cnc(NC(C)C)n(C)c4=O)ccc3c2)ccn1. The molecule has 2 N–H and O–H groups in total. The molecule has 0 aliphatic carbocycles. The van der Waals surface area contributed by atoms with Crippen LogP contribution in [0.25, 0.3) is 22.3 Å². The Morgan fingerprint density at radius 2 is 1.88 bits per heavy atom. The van der Waals surface area contributed by atoms with Gasteiger partial charge < -0.3 is 15.4 Å². The highest BCUT2D eigenvalue weighted by Crippen LogP contribution is 2.25. The van der Waals surface area contributed by atoms with Gasteiger partial charge in [-0.1, -0.05) is 0 Å². The van der Waals surface area contributed by atoms with E-state index in [9.17, 15) is 9.59 Å². The molecule has 0 aliphatic rings. The fourth-order valence-corrected chi connectivity index (χ4v) is 3.17. The maximum absolute atomic E-state index is 12.8. The third kappa shape index (κ3) is 4.64. The first kappa shape index (κ1) is 21.9. The lowest BCUT2D eigenvalue weighted by Crippen LogP contribution is -2.25. The number of fused-ring (bicyclic) bond motifs is 1. The summed E-state index contributed by atoms with van der Waals surface area (Å²) in [5, 5.41) is 6.40. The van der Waals surface area contributed by atoms with E-state index in [0.29, 0.717) is 34.4 Å². The van der Waals surface area contributed by atoms with E-state index >= 15 is 0 Å². The molecule has 4 aromatic heterocycles. The first-order chi connectivity index (χ1) is 15.9. The molecule has 0 atom stereocenters. The van der Waals surface area contributed by atoms with Crippen molar-refractivity contribution in [3.63, 3.8) is 0 Å². The standard InChI is InChI=1S/C23H23N7O3/c1-13(2)28-23-27-12-17(22(32)30(23)4)18-6-5-14-9-16(11-26-20(14)29-18)33-15-7-8-25-19(10-15)21(31)24-3/h5-13H,1-4H3,(H,24,31)(H,27,28). The van der Waals surface area contributed by atoms with Crippen molar-refractivity contribution in [2.24, 2.45) is 7.05 Å². The van der Waals surface area contributed by atoms with Crippen molar-refractivity contribution < 1.29 is 9.53 Å². The molecule has 4 aromatic rings. The van der Waals surface area contributed by atoms with Crippen molar-refractivity contribution in [3.05, 3.63) is 65.0 Å². The number of rotatable bonds is 6. The zero-order valence-electron chi connectivity index (χ0n) is 18.7. The van der Waals surface area contributed by atoms with Crippen LogP contribution in [0.3, 0.4) is 0 Å². The maximum atomic E-state index is 12.8. The van der Waals surface area contributed by atoms with Gasteiger partial charge in [-0.15, -0.1) is 0 Å². The summed E-state index contributed by atoms with van der Waals surface area (Å²) in [6.45, 7) is 3.95. The number of ether oxygens (including phenoxy) is 1. The average molecular weight is 445 g/mol. The number of amides is 1. The van der Waals surface area contributed by atoms with Gasteiger partial charge >= 0.3 is 0 Å². The number of nitrogens with zero attached hydrogens (tertiary/aromatic N) is 5. The highest BCUT2D eigenvalue weighted by molar-refractivity contribution is 5.92. The smallest absolute Gasteiger partial charge is 0.269 e. The third-order valence-electron chi connectivity index (χ3n) is 4.81. The lowest BCUT2D eigenvalue weighted by molar-refractivity contribution is 0.0958. The van der Waals surface area contributed by atoms with Crippen LogP contribution in [-0.4, -0.2) is 43.5 Å². The summed E-state index contributed by atoms with van der Waals surface area (Å²) >= 11 is 0. The fraction of sp³-hybridized carbons (Fsp3) is 0.217. The summed E-state index contributed by atoms with van der Waals surface area (Å²) in [4.78, 5) is 41.9. The molecule has 4 heterocycles. The van der Waals surface area contributed by atoms with Crippen molar-refractivity contribution in [1.82, 2.24) is 29.8 Å². The minimum atomic E-state index is -0.303. The molecule has 0 fully saturated rings. The molecule has 0 unspecified atom stereocenters. The average Bonchev–Trinajstić information content (AvgIpc) is 2.81. The van der Waals surface area contributed by atoms with E-state index < -0.39 is 0 Å². The molecule has 10 nitrogen and oxygen atoms in total. The lowest BCUT2D eigenvalue weighted by atomic mass is 10.2. The number of pyridine rings is 3. The summed E-state index contributed by atoms with van der Waals surface area (Å²) in [6.07, 6.45) is 4.55. The molecule has 1 amide bonds. The highest BCUT2D eigenvalue weighted by atomic mass is 16.5. The Bertz CT molecular complexity index is 1400. The van der Waals surface area contributed by atoms with Crippen molar-refractivity contribution >= 4 is 22.9 Å². The first-order valence-electron chi connectivity index (χ1n) is 10.3. The Morgan fingerprint density at radius 1 is 1.06 bits per heavy atom. The van der Waals surface area contributed by atoms with Crippen LogP contribution in [0, 0.1) is 0 Å². The molecule has 0 spiro atoms. The molecular formula is C23H23N7O3. The number of carbonyl (C=O) groups is 1. The zero-order valence-corrected chi connectivity index (χ0v) is 18.7. The normalized spacial score (nSPS) is 10.9. The monoisotopic (exact) mass is 445 g/mol. The molecule has 0 aliphatic heterocycles. The molecule has 10 heteroatoms. The van der Waals surface area contributed by atoms with Gasteiger partial charge in [-0.05, 0) is 38.1 Å². The second kappa shape index (κ2) is 9.03. The van der Waals surface area contributed by atoms with Gasteiger partial charge in [0.2, 0.25) is 5.95 Å². The summed E-state index contributed by atoms with van der Waals surface area (Å²) in [7, 11) is 3.20. The number of anilines is 1. The van der Waals surface area contributed by atoms with Gasteiger partial charge in [0.1, 0.15) is 17.2 Å². The van der Waals surface area contributed by atoms with Gasteiger partial charge in [-0.3, -0.25) is 19.1 Å². The van der Waals surface area contributed by atoms with Crippen LogP contribution in [0.4, 0.5) is 5.95 Å². The summed E-state index contributed by atoms with van der Waals surface area (Å²) in [5.41, 5.74) is 1.38. The maximum Gasteiger partial charge on any atom is 0.269 e. The number of hydrogen-bond donors (Lipinski definition) is 2. The Hall–Kier alpha value is -4.34. The summed E-state index contributed by atoms with van der Waals surface area (Å²) in [6, 6.07) is 8.70. The van der Waals surface area contributed by atoms with E-state index in [-0.39, 0.29) is 23.2 Å². The van der Waals surface area contributed by atoms with Gasteiger partial charge in [0.15, 0.2) is 5.65 Å². The van der Waals surface area contributed by atoms with E-state index in [0.717, 1.165) is 5.39 Å². The minimum Gasteiger partial charge on any atom is -0.456 e. The van der Waals surface area contributed by atoms with E-state index in [2.05, 4.69) is 30.6 Å². The number of aromatic nitrogens is 5. The van der Waals surface area contributed by atoms with E-state index in [1.54, 1.807) is 31.3 Å². The van der Waals surface area contributed by atoms with Gasteiger partial charge in [0, 0.05) is 44.0 Å². The van der Waals surface area contributed by atoms with Crippen LogP contribution >= 0.6 is 0 Å². The molecule has 4 rings (SSSR count). The largest absolute Gasteiger partial charge is 0.456 e. The van der Waals surface area contributed by atoms with Crippen LogP contribution in [0.1, 0.15) is 24.3 Å². The number of nitrogens with one attached hydrogen (secondary N) is 2. The predicted octanol–water partition coefficient (Wildman–Crippen LogP) is 2.76. The Morgan fingerprint density at radius 3 is 2.64 bits per heavy atom. The quantitative estimate of drug-likeness (QED) is 0.464. The van der Waals surface area contributed by atoms with Crippen LogP contribution < -0.4 is 20.9 Å². The van der Waals surface area contributed by atoms with Crippen LogP contribution in [0.5, 0.6) is 11.5 Å². The predicted molar refractivity (Wildman–Crippen MR) is 124 cm³/mol. The molecule has 0 radical (unpaired) electrons. The third-order valence-corrected chi connectivity index (χ3v) is 4.81. The lowest BCUT2D eigenvalue weighted by Gasteiger charge is -2.13. The van der Waals surface area contributed by atoms with E-state index in [1.165, 1.54) is 30.2 Å². The number of carbonyl (C=O) groups excluding carboxylic acids is 1. The fourth-order valence-electron chi connectivity index (χ4n) is 3.17. The van der Waals surface area contributed by atoms with Crippen molar-refractivity contribution in [3.8, 4) is 22.8 Å². The molecule has 0 saturated heterocycles. The summed E-state index contributed by atoms with van der Waals surface area (Å²) in [5.74, 6) is 1.13. The zero-order chi connectivity index (χ0) is 23.5. The first-order valence-corrected chi connectivity index (χ1v) is 10.3.